The summed E-state index contributed by atoms with van der Waals surface area (Å²) in [4.78, 5) is 15.4. The van der Waals surface area contributed by atoms with E-state index in [4.69, 9.17) is 16.3 Å². The molecule has 0 saturated carbocycles. The molecule has 0 aliphatic carbocycles. The summed E-state index contributed by atoms with van der Waals surface area (Å²) >= 11 is 9.72. The topological polar surface area (TPSA) is 86.8 Å². The Kier molecular flexibility index (Phi) is 6.67. The monoisotopic (exact) mass is 536 g/mol. The Morgan fingerprint density at radius 1 is 1.06 bits per heavy atom. The molecule has 3 heterocycles. The second kappa shape index (κ2) is 10.0. The fourth-order valence-corrected chi connectivity index (χ4v) is 4.38. The van der Waals surface area contributed by atoms with E-state index < -0.39 is 6.10 Å². The van der Waals surface area contributed by atoms with E-state index in [1.54, 1.807) is 6.20 Å². The Balaban J connectivity index is 1.19. The van der Waals surface area contributed by atoms with Crippen LogP contribution < -0.4 is 4.74 Å². The number of aromatic amines is 2. The van der Waals surface area contributed by atoms with Gasteiger partial charge in [-0.2, -0.15) is 0 Å². The molecule has 34 heavy (non-hydrogen) atoms. The fraction of sp³-hybridized carbons (Fsp3) is 0.154. The quantitative estimate of drug-likeness (QED) is 0.229. The van der Waals surface area contributed by atoms with Crippen molar-refractivity contribution in [2.45, 2.75) is 18.9 Å². The lowest BCUT2D eigenvalue weighted by atomic mass is 10.0. The zero-order valence-electron chi connectivity index (χ0n) is 18.1. The Labute approximate surface area is 210 Å². The van der Waals surface area contributed by atoms with Crippen molar-refractivity contribution in [2.75, 3.05) is 6.61 Å². The van der Waals surface area contributed by atoms with Crippen LogP contribution in [-0.4, -0.2) is 37.8 Å². The molecule has 0 aliphatic rings. The zero-order chi connectivity index (χ0) is 23.5. The minimum atomic E-state index is -0.650. The van der Waals surface area contributed by atoms with Crippen molar-refractivity contribution >= 4 is 38.7 Å². The average molecular weight is 538 g/mol. The highest BCUT2D eigenvalue weighted by Crippen LogP contribution is 2.24. The molecule has 172 valence electrons. The van der Waals surface area contributed by atoms with Crippen LogP contribution in [0.3, 0.4) is 0 Å². The van der Waals surface area contributed by atoms with Crippen LogP contribution in [0.15, 0.2) is 77.5 Å². The van der Waals surface area contributed by atoms with Crippen LogP contribution in [0.5, 0.6) is 5.75 Å². The maximum Gasteiger partial charge on any atom is 0.178 e. The third-order valence-electron chi connectivity index (χ3n) is 5.58. The molecule has 0 fully saturated rings. The number of pyridine rings is 1. The van der Waals surface area contributed by atoms with Crippen molar-refractivity contribution in [3.63, 3.8) is 0 Å². The number of rotatable bonds is 8. The van der Waals surface area contributed by atoms with Gasteiger partial charge in [-0.1, -0.05) is 29.8 Å². The number of hydrogen-bond acceptors (Lipinski definition) is 4. The second-order valence-electron chi connectivity index (χ2n) is 8.05. The SMILES string of the molecule is OC(COc1ccc(-c2nc3ncc(Br)cc3[nH]2)cc1)Cc1[nH]ccc1Cc1ccccc1Cl. The summed E-state index contributed by atoms with van der Waals surface area (Å²) in [5, 5.41) is 11.3. The molecule has 0 saturated heterocycles. The number of fused-ring (bicyclic) bond motifs is 1. The van der Waals surface area contributed by atoms with E-state index in [1.807, 2.05) is 66.9 Å². The third-order valence-corrected chi connectivity index (χ3v) is 6.38. The van der Waals surface area contributed by atoms with Gasteiger partial charge in [0.1, 0.15) is 18.2 Å². The van der Waals surface area contributed by atoms with Crippen molar-refractivity contribution in [2.24, 2.45) is 0 Å². The van der Waals surface area contributed by atoms with Gasteiger partial charge in [-0.3, -0.25) is 0 Å². The van der Waals surface area contributed by atoms with Crippen LogP contribution in [0.1, 0.15) is 16.8 Å². The van der Waals surface area contributed by atoms with Gasteiger partial charge in [0.15, 0.2) is 5.65 Å². The van der Waals surface area contributed by atoms with Gasteiger partial charge in [-0.25, -0.2) is 9.97 Å². The number of nitrogens with one attached hydrogen (secondary N) is 2. The van der Waals surface area contributed by atoms with Crippen LogP contribution >= 0.6 is 27.5 Å². The van der Waals surface area contributed by atoms with Crippen molar-refractivity contribution in [3.05, 3.63) is 99.4 Å². The van der Waals surface area contributed by atoms with E-state index in [2.05, 4.69) is 35.9 Å². The van der Waals surface area contributed by atoms with Gasteiger partial charge in [0.2, 0.25) is 0 Å². The summed E-state index contributed by atoms with van der Waals surface area (Å²) in [6.45, 7) is 0.187. The van der Waals surface area contributed by atoms with E-state index in [1.165, 1.54) is 0 Å². The molecular formula is C26H22BrClN4O2. The molecule has 6 nitrogen and oxygen atoms in total. The van der Waals surface area contributed by atoms with Gasteiger partial charge < -0.3 is 19.8 Å². The van der Waals surface area contributed by atoms with E-state index in [9.17, 15) is 5.11 Å². The highest BCUT2D eigenvalue weighted by molar-refractivity contribution is 9.10. The molecule has 0 spiro atoms. The Bertz CT molecular complexity index is 1410. The number of hydrogen-bond donors (Lipinski definition) is 3. The number of H-pyrrole nitrogens is 2. The van der Waals surface area contributed by atoms with E-state index in [-0.39, 0.29) is 6.61 Å². The first-order chi connectivity index (χ1) is 16.5. The lowest BCUT2D eigenvalue weighted by molar-refractivity contribution is 0.107. The van der Waals surface area contributed by atoms with Gasteiger partial charge in [-0.15, -0.1) is 0 Å². The number of aliphatic hydroxyl groups excluding tert-OH is 1. The summed E-state index contributed by atoms with van der Waals surface area (Å²) in [5.41, 5.74) is 5.62. The molecule has 5 aromatic rings. The number of nitrogens with zero attached hydrogens (tertiary/aromatic N) is 2. The lowest BCUT2D eigenvalue weighted by Gasteiger charge is -2.13. The number of benzene rings is 2. The molecule has 5 rings (SSSR count). The fourth-order valence-electron chi connectivity index (χ4n) is 3.85. The molecule has 3 aromatic heterocycles. The number of aromatic nitrogens is 4. The van der Waals surface area contributed by atoms with Gasteiger partial charge in [0, 0.05) is 46.0 Å². The minimum Gasteiger partial charge on any atom is -0.491 e. The van der Waals surface area contributed by atoms with Crippen molar-refractivity contribution < 1.29 is 9.84 Å². The largest absolute Gasteiger partial charge is 0.491 e. The van der Waals surface area contributed by atoms with Gasteiger partial charge >= 0.3 is 0 Å². The van der Waals surface area contributed by atoms with Crippen LogP contribution in [-0.2, 0) is 12.8 Å². The molecule has 0 radical (unpaired) electrons. The van der Waals surface area contributed by atoms with Crippen LogP contribution in [0, 0.1) is 0 Å². The molecule has 0 aliphatic heterocycles. The van der Waals surface area contributed by atoms with E-state index >= 15 is 0 Å². The maximum absolute atomic E-state index is 10.6. The molecule has 2 aromatic carbocycles. The Hall–Kier alpha value is -3.13. The smallest absolute Gasteiger partial charge is 0.178 e. The van der Waals surface area contributed by atoms with Gasteiger partial charge in [0.05, 0.1) is 11.6 Å². The molecule has 8 heteroatoms. The summed E-state index contributed by atoms with van der Waals surface area (Å²) < 4.78 is 6.72. The average Bonchev–Trinajstić information content (AvgIpc) is 3.46. The normalized spacial score (nSPS) is 12.2. The van der Waals surface area contributed by atoms with Crippen LogP contribution in [0.2, 0.25) is 5.02 Å². The van der Waals surface area contributed by atoms with Crippen LogP contribution in [0.25, 0.3) is 22.6 Å². The molecule has 1 atom stereocenters. The number of aliphatic hydroxyl groups is 1. The second-order valence-corrected chi connectivity index (χ2v) is 9.38. The summed E-state index contributed by atoms with van der Waals surface area (Å²) in [7, 11) is 0. The van der Waals surface area contributed by atoms with Crippen molar-refractivity contribution in [3.8, 4) is 17.1 Å². The van der Waals surface area contributed by atoms with E-state index in [0.29, 0.717) is 24.2 Å². The minimum absolute atomic E-state index is 0.187. The summed E-state index contributed by atoms with van der Waals surface area (Å²) in [5.74, 6) is 1.42. The number of ether oxygens (including phenoxy) is 1. The Morgan fingerprint density at radius 2 is 1.88 bits per heavy atom. The number of halogens is 2. The first kappa shape index (κ1) is 22.7. The number of imidazole rings is 1. The predicted octanol–water partition coefficient (Wildman–Crippen LogP) is 5.94. The molecule has 3 N–H and O–H groups in total. The molecule has 0 amide bonds. The first-order valence-corrected chi connectivity index (χ1v) is 12.0. The molecule has 1 unspecified atom stereocenters. The van der Waals surface area contributed by atoms with Crippen molar-refractivity contribution in [1.82, 2.24) is 19.9 Å². The predicted molar refractivity (Wildman–Crippen MR) is 137 cm³/mol. The van der Waals surface area contributed by atoms with Gasteiger partial charge in [0.25, 0.3) is 0 Å². The Morgan fingerprint density at radius 3 is 2.71 bits per heavy atom. The van der Waals surface area contributed by atoms with Crippen LogP contribution in [0.4, 0.5) is 0 Å². The van der Waals surface area contributed by atoms with Crippen molar-refractivity contribution in [1.29, 1.82) is 0 Å². The highest BCUT2D eigenvalue weighted by Gasteiger charge is 2.13. The first-order valence-electron chi connectivity index (χ1n) is 10.9. The standard InChI is InChI=1S/C26H22BrClN4O2/c27-19-12-24-26(30-14-19)32-25(31-24)16-5-7-21(8-6-16)34-15-20(33)13-23-18(9-10-29-23)11-17-3-1-2-4-22(17)28/h1-10,12,14,20,29,33H,11,13,15H2,(H,30,31,32). The zero-order valence-corrected chi connectivity index (χ0v) is 20.5. The molecule has 0 bridgehead atoms. The summed E-state index contributed by atoms with van der Waals surface area (Å²) in [6.07, 6.45) is 4.14. The maximum atomic E-state index is 10.6. The highest BCUT2D eigenvalue weighted by atomic mass is 79.9. The summed E-state index contributed by atoms with van der Waals surface area (Å²) in [6, 6.07) is 19.4. The van der Waals surface area contributed by atoms with Gasteiger partial charge in [-0.05, 0) is 69.5 Å². The van der Waals surface area contributed by atoms with E-state index in [0.717, 1.165) is 43.2 Å². The third kappa shape index (κ3) is 5.17. The lowest BCUT2D eigenvalue weighted by Crippen LogP contribution is -2.21. The molecular weight excluding hydrogens is 516 g/mol.